The Kier molecular flexibility index (Phi) is 7.66. The zero-order chi connectivity index (χ0) is 20.3. The molecule has 0 aliphatic carbocycles. The molecule has 0 saturated heterocycles. The highest BCUT2D eigenvalue weighted by atomic mass is 16.6. The molecule has 5 nitrogen and oxygen atoms in total. The van der Waals surface area contributed by atoms with Gasteiger partial charge in [-0.25, -0.2) is 0 Å². The molecule has 0 spiro atoms. The number of hydrogen-bond acceptors (Lipinski definition) is 5. The third-order valence-corrected chi connectivity index (χ3v) is 4.25. The van der Waals surface area contributed by atoms with Crippen molar-refractivity contribution in [3.05, 3.63) is 95.6 Å². The molecule has 3 aromatic rings. The SMILES string of the molecule is COCc1ccc(OCc2ccc(OCC(=NOC)c3ccccc3)cc2)cc1. The highest BCUT2D eigenvalue weighted by Crippen LogP contribution is 2.17. The van der Waals surface area contributed by atoms with Crippen LogP contribution in [-0.2, 0) is 22.8 Å². The molecule has 0 atom stereocenters. The van der Waals surface area contributed by atoms with Gasteiger partial charge < -0.3 is 19.0 Å². The van der Waals surface area contributed by atoms with Gasteiger partial charge in [0.2, 0.25) is 0 Å². The third kappa shape index (κ3) is 6.36. The molecule has 0 N–H and O–H groups in total. The van der Waals surface area contributed by atoms with Crippen molar-refractivity contribution >= 4 is 5.71 Å². The van der Waals surface area contributed by atoms with Gasteiger partial charge in [-0.1, -0.05) is 59.8 Å². The summed E-state index contributed by atoms with van der Waals surface area (Å²) in [5.41, 5.74) is 3.88. The van der Waals surface area contributed by atoms with Gasteiger partial charge in [0.15, 0.2) is 0 Å². The summed E-state index contributed by atoms with van der Waals surface area (Å²) in [6.07, 6.45) is 0. The van der Waals surface area contributed by atoms with Crippen molar-refractivity contribution in [2.24, 2.45) is 5.16 Å². The van der Waals surface area contributed by atoms with Crippen molar-refractivity contribution in [3.63, 3.8) is 0 Å². The average molecular weight is 391 g/mol. The van der Waals surface area contributed by atoms with Gasteiger partial charge in [0.1, 0.15) is 37.5 Å². The summed E-state index contributed by atoms with van der Waals surface area (Å²) < 4.78 is 16.8. The maximum absolute atomic E-state index is 5.87. The average Bonchev–Trinajstić information content (AvgIpc) is 2.78. The summed E-state index contributed by atoms with van der Waals surface area (Å²) in [4.78, 5) is 4.95. The van der Waals surface area contributed by atoms with E-state index in [2.05, 4.69) is 5.16 Å². The first kappa shape index (κ1) is 20.4. The van der Waals surface area contributed by atoms with E-state index in [9.17, 15) is 0 Å². The lowest BCUT2D eigenvalue weighted by Gasteiger charge is -2.10. The third-order valence-electron chi connectivity index (χ3n) is 4.25. The highest BCUT2D eigenvalue weighted by molar-refractivity contribution is 6.01. The first-order valence-corrected chi connectivity index (χ1v) is 9.36. The van der Waals surface area contributed by atoms with E-state index in [4.69, 9.17) is 19.0 Å². The molecule has 150 valence electrons. The lowest BCUT2D eigenvalue weighted by Crippen LogP contribution is -2.13. The number of benzene rings is 3. The number of oxime groups is 1. The van der Waals surface area contributed by atoms with Crippen LogP contribution in [0.2, 0.25) is 0 Å². The van der Waals surface area contributed by atoms with E-state index < -0.39 is 0 Å². The van der Waals surface area contributed by atoms with E-state index in [0.29, 0.717) is 19.8 Å². The number of nitrogens with zero attached hydrogens (tertiary/aromatic N) is 1. The van der Waals surface area contributed by atoms with Crippen molar-refractivity contribution in [1.82, 2.24) is 0 Å². The first-order valence-electron chi connectivity index (χ1n) is 9.36. The second-order valence-electron chi connectivity index (χ2n) is 6.38. The van der Waals surface area contributed by atoms with Crippen molar-refractivity contribution in [2.75, 3.05) is 20.8 Å². The predicted octanol–water partition coefficient (Wildman–Crippen LogP) is 4.84. The second kappa shape index (κ2) is 10.9. The van der Waals surface area contributed by atoms with Crippen LogP contribution in [0.25, 0.3) is 0 Å². The standard InChI is InChI=1S/C24H25NO4/c1-26-16-19-8-12-22(13-9-19)28-17-20-10-14-23(15-11-20)29-18-24(25-27-2)21-6-4-3-5-7-21/h3-15H,16-18H2,1-2H3. The van der Waals surface area contributed by atoms with Gasteiger partial charge >= 0.3 is 0 Å². The van der Waals surface area contributed by atoms with Gasteiger partial charge in [-0.15, -0.1) is 0 Å². The molecule has 0 heterocycles. The number of methoxy groups -OCH3 is 1. The van der Waals surface area contributed by atoms with Crippen LogP contribution in [0, 0.1) is 0 Å². The minimum absolute atomic E-state index is 0.321. The molecule has 29 heavy (non-hydrogen) atoms. The molecule has 0 bridgehead atoms. The Labute approximate surface area is 171 Å². The molecule has 0 fully saturated rings. The van der Waals surface area contributed by atoms with Gasteiger partial charge in [0.05, 0.1) is 6.61 Å². The van der Waals surface area contributed by atoms with Gasteiger partial charge in [0, 0.05) is 12.7 Å². The summed E-state index contributed by atoms with van der Waals surface area (Å²) in [7, 11) is 3.22. The van der Waals surface area contributed by atoms with Crippen LogP contribution in [0.3, 0.4) is 0 Å². The van der Waals surface area contributed by atoms with Crippen molar-refractivity contribution < 1.29 is 19.0 Å². The maximum Gasteiger partial charge on any atom is 0.134 e. The molecule has 0 saturated carbocycles. The quantitative estimate of drug-likeness (QED) is 0.366. The summed E-state index contributed by atoms with van der Waals surface area (Å²) in [6, 6.07) is 25.6. The Morgan fingerprint density at radius 2 is 1.28 bits per heavy atom. The van der Waals surface area contributed by atoms with Crippen molar-refractivity contribution in [2.45, 2.75) is 13.2 Å². The van der Waals surface area contributed by atoms with E-state index >= 15 is 0 Å². The lowest BCUT2D eigenvalue weighted by atomic mass is 10.1. The van der Waals surface area contributed by atoms with E-state index in [1.165, 1.54) is 7.11 Å². The van der Waals surface area contributed by atoms with E-state index in [0.717, 1.165) is 33.9 Å². The van der Waals surface area contributed by atoms with Gasteiger partial charge in [-0.05, 0) is 35.4 Å². The highest BCUT2D eigenvalue weighted by Gasteiger charge is 2.06. The molecular formula is C24H25NO4. The van der Waals surface area contributed by atoms with Gasteiger partial charge in [-0.3, -0.25) is 0 Å². The zero-order valence-corrected chi connectivity index (χ0v) is 16.7. The topological polar surface area (TPSA) is 49.3 Å². The minimum atomic E-state index is 0.321. The van der Waals surface area contributed by atoms with Crippen LogP contribution in [-0.4, -0.2) is 26.5 Å². The molecule has 0 radical (unpaired) electrons. The van der Waals surface area contributed by atoms with Crippen LogP contribution >= 0.6 is 0 Å². The van der Waals surface area contributed by atoms with E-state index in [-0.39, 0.29) is 0 Å². The normalized spacial score (nSPS) is 11.2. The first-order chi connectivity index (χ1) is 14.3. The molecule has 3 aromatic carbocycles. The number of hydrogen-bond donors (Lipinski definition) is 0. The summed E-state index contributed by atoms with van der Waals surface area (Å²) in [5, 5.41) is 4.07. The van der Waals surface area contributed by atoms with E-state index in [1.54, 1.807) is 7.11 Å². The lowest BCUT2D eigenvalue weighted by molar-refractivity contribution is 0.185. The van der Waals surface area contributed by atoms with Crippen LogP contribution in [0.1, 0.15) is 16.7 Å². The molecule has 3 rings (SSSR count). The summed E-state index contributed by atoms with van der Waals surface area (Å²) in [6.45, 7) is 1.41. The fourth-order valence-corrected chi connectivity index (χ4v) is 2.75. The molecule has 0 amide bonds. The fraction of sp³-hybridized carbons (Fsp3) is 0.208. The molecule has 0 unspecified atom stereocenters. The van der Waals surface area contributed by atoms with Crippen molar-refractivity contribution in [1.29, 1.82) is 0 Å². The Morgan fingerprint density at radius 3 is 1.86 bits per heavy atom. The molecular weight excluding hydrogens is 366 g/mol. The van der Waals surface area contributed by atoms with Crippen molar-refractivity contribution in [3.8, 4) is 11.5 Å². The summed E-state index contributed by atoms with van der Waals surface area (Å²) in [5.74, 6) is 1.59. The zero-order valence-electron chi connectivity index (χ0n) is 16.7. The Balaban J connectivity index is 1.52. The van der Waals surface area contributed by atoms with Crippen LogP contribution in [0.15, 0.2) is 84.0 Å². The molecule has 0 aliphatic heterocycles. The number of ether oxygens (including phenoxy) is 3. The molecule has 5 heteroatoms. The largest absolute Gasteiger partial charge is 0.489 e. The Hall–Kier alpha value is -3.31. The Morgan fingerprint density at radius 1 is 0.690 bits per heavy atom. The van der Waals surface area contributed by atoms with E-state index in [1.807, 2.05) is 78.9 Å². The predicted molar refractivity (Wildman–Crippen MR) is 113 cm³/mol. The second-order valence-corrected chi connectivity index (χ2v) is 6.38. The summed E-state index contributed by atoms with van der Waals surface area (Å²) >= 11 is 0. The molecule has 0 aromatic heterocycles. The van der Waals surface area contributed by atoms with Crippen LogP contribution < -0.4 is 9.47 Å². The van der Waals surface area contributed by atoms with Crippen LogP contribution in [0.4, 0.5) is 0 Å². The van der Waals surface area contributed by atoms with Gasteiger partial charge in [-0.2, -0.15) is 0 Å². The number of rotatable bonds is 10. The maximum atomic E-state index is 5.87. The smallest absolute Gasteiger partial charge is 0.134 e. The van der Waals surface area contributed by atoms with Gasteiger partial charge in [0.25, 0.3) is 0 Å². The molecule has 0 aliphatic rings. The minimum Gasteiger partial charge on any atom is -0.489 e. The van der Waals surface area contributed by atoms with Crippen LogP contribution in [0.5, 0.6) is 11.5 Å². The fourth-order valence-electron chi connectivity index (χ4n) is 2.75. The Bertz CT molecular complexity index is 890. The monoisotopic (exact) mass is 391 g/mol.